The van der Waals surface area contributed by atoms with Crippen molar-refractivity contribution in [3.8, 4) is 0 Å². The van der Waals surface area contributed by atoms with Crippen LogP contribution in [0.2, 0.25) is 0 Å². The first kappa shape index (κ1) is 14.4. The predicted molar refractivity (Wildman–Crippen MR) is 81.3 cm³/mol. The maximum atomic E-state index is 13.0. The van der Waals surface area contributed by atoms with Gasteiger partial charge in [0.25, 0.3) is 5.91 Å². The van der Waals surface area contributed by atoms with Gasteiger partial charge in [0, 0.05) is 37.6 Å². The summed E-state index contributed by atoms with van der Waals surface area (Å²) in [4.78, 5) is 24.4. The van der Waals surface area contributed by atoms with Gasteiger partial charge in [0.05, 0.1) is 0 Å². The lowest BCUT2D eigenvalue weighted by Gasteiger charge is -2.36. The number of anilines is 1. The fourth-order valence-corrected chi connectivity index (χ4v) is 2.55. The third-order valence-corrected chi connectivity index (χ3v) is 3.78. The van der Waals surface area contributed by atoms with Crippen molar-refractivity contribution in [3.05, 3.63) is 53.9 Å². The van der Waals surface area contributed by atoms with Crippen molar-refractivity contribution in [2.24, 2.45) is 0 Å². The summed E-state index contributed by atoms with van der Waals surface area (Å²) in [5.41, 5.74) is 2.19. The first-order valence-corrected chi connectivity index (χ1v) is 7.22. The molecule has 3 rings (SSSR count). The molecule has 2 aromatic rings. The van der Waals surface area contributed by atoms with E-state index in [4.69, 9.17) is 0 Å². The van der Waals surface area contributed by atoms with Crippen molar-refractivity contribution in [2.75, 3.05) is 31.1 Å². The third kappa shape index (κ3) is 3.05. The summed E-state index contributed by atoms with van der Waals surface area (Å²) in [7, 11) is 0. The lowest BCUT2D eigenvalue weighted by Crippen LogP contribution is -2.49. The second-order valence-corrected chi connectivity index (χ2v) is 5.30. The number of amides is 1. The van der Waals surface area contributed by atoms with Crippen LogP contribution in [0, 0.1) is 12.7 Å². The molecule has 1 aliphatic heterocycles. The van der Waals surface area contributed by atoms with E-state index in [1.807, 2.05) is 6.92 Å². The van der Waals surface area contributed by atoms with Crippen molar-refractivity contribution in [1.29, 1.82) is 0 Å². The average molecular weight is 300 g/mol. The van der Waals surface area contributed by atoms with Crippen molar-refractivity contribution < 1.29 is 9.18 Å². The van der Waals surface area contributed by atoms with E-state index in [1.165, 1.54) is 18.5 Å². The lowest BCUT2D eigenvalue weighted by molar-refractivity contribution is 0.0740. The Labute approximate surface area is 128 Å². The van der Waals surface area contributed by atoms with Crippen LogP contribution in [-0.2, 0) is 0 Å². The largest absolute Gasteiger partial charge is 0.368 e. The quantitative estimate of drug-likeness (QED) is 0.850. The minimum absolute atomic E-state index is 0.0655. The molecule has 2 heterocycles. The molecule has 0 spiro atoms. The Kier molecular flexibility index (Phi) is 4.00. The number of benzene rings is 1. The van der Waals surface area contributed by atoms with Gasteiger partial charge in [0.15, 0.2) is 0 Å². The van der Waals surface area contributed by atoms with E-state index >= 15 is 0 Å². The molecule has 0 radical (unpaired) electrons. The number of carbonyl (C=O) groups is 1. The van der Waals surface area contributed by atoms with Crippen LogP contribution in [0.1, 0.15) is 16.2 Å². The van der Waals surface area contributed by atoms with Gasteiger partial charge in [-0.2, -0.15) is 0 Å². The van der Waals surface area contributed by atoms with E-state index in [-0.39, 0.29) is 11.7 Å². The molecule has 5 nitrogen and oxygen atoms in total. The fraction of sp³-hybridized carbons (Fsp3) is 0.312. The molecule has 1 fully saturated rings. The summed E-state index contributed by atoms with van der Waals surface area (Å²) in [5.74, 6) is -0.305. The molecule has 0 N–H and O–H groups in total. The molecule has 1 amide bonds. The third-order valence-electron chi connectivity index (χ3n) is 3.78. The van der Waals surface area contributed by atoms with Crippen molar-refractivity contribution in [3.63, 3.8) is 0 Å². The van der Waals surface area contributed by atoms with Gasteiger partial charge in [0.2, 0.25) is 0 Å². The van der Waals surface area contributed by atoms with E-state index < -0.39 is 0 Å². The topological polar surface area (TPSA) is 49.3 Å². The van der Waals surface area contributed by atoms with Crippen LogP contribution in [0.15, 0.2) is 36.7 Å². The van der Waals surface area contributed by atoms with E-state index in [2.05, 4.69) is 14.9 Å². The number of rotatable bonds is 2. The summed E-state index contributed by atoms with van der Waals surface area (Å²) in [6.45, 7) is 4.53. The molecule has 1 aliphatic rings. The highest BCUT2D eigenvalue weighted by molar-refractivity contribution is 5.92. The molecule has 6 heteroatoms. The maximum absolute atomic E-state index is 13.0. The molecular formula is C16H17FN4O. The Hall–Kier alpha value is -2.50. The number of halogens is 1. The minimum atomic E-state index is -0.239. The highest BCUT2D eigenvalue weighted by atomic mass is 19.1. The molecular weight excluding hydrogens is 283 g/mol. The highest BCUT2D eigenvalue weighted by Gasteiger charge is 2.23. The first-order chi connectivity index (χ1) is 10.6. The molecule has 114 valence electrons. The summed E-state index contributed by atoms with van der Waals surface area (Å²) < 4.78 is 13.0. The van der Waals surface area contributed by atoms with Gasteiger partial charge in [-0.1, -0.05) is 0 Å². The molecule has 22 heavy (non-hydrogen) atoms. The molecule has 1 saturated heterocycles. The van der Waals surface area contributed by atoms with E-state index in [0.29, 0.717) is 18.8 Å². The fourth-order valence-electron chi connectivity index (χ4n) is 2.55. The SMILES string of the molecule is Cc1cc(C(=O)N2CCN(c3ccc(F)cc3)CC2)ncn1. The van der Waals surface area contributed by atoms with Crippen molar-refractivity contribution in [2.45, 2.75) is 6.92 Å². The second-order valence-electron chi connectivity index (χ2n) is 5.30. The number of hydrogen-bond acceptors (Lipinski definition) is 4. The normalized spacial score (nSPS) is 15.0. The van der Waals surface area contributed by atoms with Gasteiger partial charge in [-0.05, 0) is 37.3 Å². The zero-order chi connectivity index (χ0) is 15.5. The monoisotopic (exact) mass is 300 g/mol. The number of hydrogen-bond donors (Lipinski definition) is 0. The smallest absolute Gasteiger partial charge is 0.272 e. The van der Waals surface area contributed by atoms with Crippen LogP contribution in [0.3, 0.4) is 0 Å². The van der Waals surface area contributed by atoms with Crippen LogP contribution in [-0.4, -0.2) is 47.0 Å². The van der Waals surface area contributed by atoms with Crippen LogP contribution < -0.4 is 4.90 Å². The van der Waals surface area contributed by atoms with Crippen LogP contribution in [0.5, 0.6) is 0 Å². The van der Waals surface area contributed by atoms with E-state index in [1.54, 1.807) is 23.1 Å². The first-order valence-electron chi connectivity index (χ1n) is 7.22. The highest BCUT2D eigenvalue weighted by Crippen LogP contribution is 2.17. The number of nitrogens with zero attached hydrogens (tertiary/aromatic N) is 4. The number of carbonyl (C=O) groups excluding carboxylic acids is 1. The Bertz CT molecular complexity index is 666. The number of aromatic nitrogens is 2. The van der Waals surface area contributed by atoms with Gasteiger partial charge in [-0.3, -0.25) is 4.79 Å². The van der Waals surface area contributed by atoms with Gasteiger partial charge in [0.1, 0.15) is 17.8 Å². The number of piperazine rings is 1. The standard InChI is InChI=1S/C16H17FN4O/c1-12-10-15(19-11-18-12)16(22)21-8-6-20(7-9-21)14-4-2-13(17)3-5-14/h2-5,10-11H,6-9H2,1H3. The molecule has 1 aromatic carbocycles. The summed E-state index contributed by atoms with van der Waals surface area (Å²) in [6, 6.07) is 8.14. The second kappa shape index (κ2) is 6.09. The number of aryl methyl sites for hydroxylation is 1. The molecule has 1 aromatic heterocycles. The van der Waals surface area contributed by atoms with Gasteiger partial charge >= 0.3 is 0 Å². The van der Waals surface area contributed by atoms with Crippen LogP contribution in [0.25, 0.3) is 0 Å². The Morgan fingerprint density at radius 2 is 1.77 bits per heavy atom. The summed E-state index contributed by atoms with van der Waals surface area (Å²) in [6.07, 6.45) is 1.41. The average Bonchev–Trinajstić information content (AvgIpc) is 2.55. The van der Waals surface area contributed by atoms with Crippen molar-refractivity contribution >= 4 is 11.6 Å². The Morgan fingerprint density at radius 3 is 2.41 bits per heavy atom. The lowest BCUT2D eigenvalue weighted by atomic mass is 10.2. The van der Waals surface area contributed by atoms with Crippen LogP contribution >= 0.6 is 0 Å². The Morgan fingerprint density at radius 1 is 1.09 bits per heavy atom. The van der Waals surface area contributed by atoms with E-state index in [9.17, 15) is 9.18 Å². The summed E-state index contributed by atoms with van der Waals surface area (Å²) in [5, 5.41) is 0. The van der Waals surface area contributed by atoms with Gasteiger partial charge in [-0.25, -0.2) is 14.4 Å². The molecule has 0 bridgehead atoms. The van der Waals surface area contributed by atoms with Gasteiger partial charge in [-0.15, -0.1) is 0 Å². The molecule has 0 aliphatic carbocycles. The zero-order valence-electron chi connectivity index (χ0n) is 12.4. The van der Waals surface area contributed by atoms with Gasteiger partial charge < -0.3 is 9.80 Å². The van der Waals surface area contributed by atoms with Crippen LogP contribution in [0.4, 0.5) is 10.1 Å². The molecule has 0 unspecified atom stereocenters. The Balaban J connectivity index is 1.64. The zero-order valence-corrected chi connectivity index (χ0v) is 12.4. The summed E-state index contributed by atoms with van der Waals surface area (Å²) >= 11 is 0. The predicted octanol–water partition coefficient (Wildman–Crippen LogP) is 1.89. The van der Waals surface area contributed by atoms with E-state index in [0.717, 1.165) is 24.5 Å². The molecule has 0 atom stereocenters. The maximum Gasteiger partial charge on any atom is 0.272 e. The minimum Gasteiger partial charge on any atom is -0.368 e. The van der Waals surface area contributed by atoms with Crippen molar-refractivity contribution in [1.82, 2.24) is 14.9 Å². The molecule has 0 saturated carbocycles.